The number of hydrogen-bond acceptors (Lipinski definition) is 6. The molecule has 2 aromatic rings. The van der Waals surface area contributed by atoms with E-state index >= 15 is 0 Å². The first kappa shape index (κ1) is 22.6. The summed E-state index contributed by atoms with van der Waals surface area (Å²) in [5.41, 5.74) is 12.0. The Hall–Kier alpha value is -3.73. The van der Waals surface area contributed by atoms with Crippen molar-refractivity contribution >= 4 is 23.7 Å². The Balaban J connectivity index is 2.14. The van der Waals surface area contributed by atoms with Gasteiger partial charge in [0.25, 0.3) is 0 Å². The van der Waals surface area contributed by atoms with Crippen LogP contribution >= 0.6 is 0 Å². The largest absolute Gasteiger partial charge is 0.480 e. The van der Waals surface area contributed by atoms with Gasteiger partial charge in [0.15, 0.2) is 0 Å². The number of primary amides is 1. The summed E-state index contributed by atoms with van der Waals surface area (Å²) in [6.07, 6.45) is 2.54. The van der Waals surface area contributed by atoms with Crippen LogP contribution in [-0.4, -0.2) is 56.9 Å². The Bertz CT molecular complexity index is 871. The molecular formula is C19H24N6O5. The SMILES string of the molecule is NC(=O)C[C@H](N)C(=O)N[C@@H](Cc1ccccc1)C(=O)N[C@@H](Cc1cnc[nH]1)C(=O)O. The molecule has 0 unspecified atom stereocenters. The number of aliphatic carboxylic acids is 1. The number of nitrogens with two attached hydrogens (primary N) is 2. The number of imidazole rings is 1. The van der Waals surface area contributed by atoms with Crippen LogP contribution in [0.25, 0.3) is 0 Å². The summed E-state index contributed by atoms with van der Waals surface area (Å²) in [7, 11) is 0. The van der Waals surface area contributed by atoms with E-state index in [1.54, 1.807) is 30.3 Å². The number of aromatic nitrogens is 2. The molecule has 0 saturated carbocycles. The van der Waals surface area contributed by atoms with Crippen LogP contribution in [0.1, 0.15) is 17.7 Å². The van der Waals surface area contributed by atoms with Crippen LogP contribution in [-0.2, 0) is 32.0 Å². The Morgan fingerprint density at radius 2 is 1.70 bits per heavy atom. The minimum atomic E-state index is -1.24. The van der Waals surface area contributed by atoms with Crippen molar-refractivity contribution in [2.75, 3.05) is 0 Å². The molecule has 11 nitrogen and oxygen atoms in total. The zero-order valence-electron chi connectivity index (χ0n) is 16.1. The van der Waals surface area contributed by atoms with Crippen LogP contribution in [0.4, 0.5) is 0 Å². The first-order chi connectivity index (χ1) is 14.3. The average Bonchev–Trinajstić information content (AvgIpc) is 3.20. The lowest BCUT2D eigenvalue weighted by Crippen LogP contribution is -2.56. The standard InChI is InChI=1S/C19H24N6O5/c20-13(8-16(21)26)17(27)24-14(6-11-4-2-1-3-5-11)18(28)25-15(19(29)30)7-12-9-22-10-23-12/h1-5,9-10,13-15H,6-8,20H2,(H2,21,26)(H,22,23)(H,24,27)(H,25,28)(H,29,30)/t13-,14-,15-/m0/s1. The van der Waals surface area contributed by atoms with E-state index in [2.05, 4.69) is 20.6 Å². The van der Waals surface area contributed by atoms with Gasteiger partial charge in [0, 0.05) is 24.7 Å². The Morgan fingerprint density at radius 3 is 2.27 bits per heavy atom. The third kappa shape index (κ3) is 7.02. The second kappa shape index (κ2) is 10.7. The second-order valence-electron chi connectivity index (χ2n) is 6.71. The van der Waals surface area contributed by atoms with Crippen molar-refractivity contribution in [3.8, 4) is 0 Å². The van der Waals surface area contributed by atoms with Gasteiger partial charge in [-0.1, -0.05) is 30.3 Å². The molecule has 1 aromatic carbocycles. The van der Waals surface area contributed by atoms with Gasteiger partial charge in [0.2, 0.25) is 17.7 Å². The topological polar surface area (TPSA) is 193 Å². The Labute approximate surface area is 172 Å². The maximum absolute atomic E-state index is 12.8. The summed E-state index contributed by atoms with van der Waals surface area (Å²) in [6, 6.07) is 5.27. The van der Waals surface area contributed by atoms with Gasteiger partial charge in [-0.05, 0) is 5.56 Å². The molecule has 0 aliphatic heterocycles. The molecule has 0 radical (unpaired) electrons. The van der Waals surface area contributed by atoms with Crippen molar-refractivity contribution in [2.45, 2.75) is 37.4 Å². The number of H-pyrrole nitrogens is 1. The number of amides is 3. The fraction of sp³-hybridized carbons (Fsp3) is 0.316. The summed E-state index contributed by atoms with van der Waals surface area (Å²) in [6.45, 7) is 0. The van der Waals surface area contributed by atoms with Crippen molar-refractivity contribution in [1.29, 1.82) is 0 Å². The quantitative estimate of drug-likeness (QED) is 0.255. The molecule has 0 aliphatic carbocycles. The minimum Gasteiger partial charge on any atom is -0.480 e. The smallest absolute Gasteiger partial charge is 0.326 e. The molecule has 3 atom stereocenters. The fourth-order valence-electron chi connectivity index (χ4n) is 2.74. The Kier molecular flexibility index (Phi) is 8.06. The number of aromatic amines is 1. The van der Waals surface area contributed by atoms with Crippen molar-refractivity contribution in [3.63, 3.8) is 0 Å². The summed E-state index contributed by atoms with van der Waals surface area (Å²) >= 11 is 0. The number of nitrogens with zero attached hydrogens (tertiary/aromatic N) is 1. The predicted octanol–water partition coefficient (Wildman–Crippen LogP) is -1.55. The maximum Gasteiger partial charge on any atom is 0.326 e. The molecule has 0 aliphatic rings. The number of rotatable bonds is 11. The van der Waals surface area contributed by atoms with Crippen molar-refractivity contribution in [1.82, 2.24) is 20.6 Å². The van der Waals surface area contributed by atoms with E-state index in [1.165, 1.54) is 12.5 Å². The normalized spacial score (nSPS) is 13.6. The van der Waals surface area contributed by atoms with E-state index in [-0.39, 0.29) is 19.3 Å². The average molecular weight is 416 g/mol. The van der Waals surface area contributed by atoms with Crippen molar-refractivity contribution in [2.24, 2.45) is 11.5 Å². The number of carbonyl (C=O) groups is 4. The molecular weight excluding hydrogens is 392 g/mol. The van der Waals surface area contributed by atoms with Crippen LogP contribution in [0.5, 0.6) is 0 Å². The first-order valence-electron chi connectivity index (χ1n) is 9.15. The number of hydrogen-bond donors (Lipinski definition) is 6. The molecule has 8 N–H and O–H groups in total. The second-order valence-corrected chi connectivity index (χ2v) is 6.71. The fourth-order valence-corrected chi connectivity index (χ4v) is 2.74. The number of benzene rings is 1. The molecule has 11 heteroatoms. The zero-order valence-corrected chi connectivity index (χ0v) is 16.1. The van der Waals surface area contributed by atoms with Crippen LogP contribution in [0.2, 0.25) is 0 Å². The molecule has 160 valence electrons. The summed E-state index contributed by atoms with van der Waals surface area (Å²) in [4.78, 5) is 54.3. The van der Waals surface area contributed by atoms with E-state index in [0.29, 0.717) is 5.69 Å². The third-order valence-corrected chi connectivity index (χ3v) is 4.27. The molecule has 3 amide bonds. The molecule has 30 heavy (non-hydrogen) atoms. The minimum absolute atomic E-state index is 0.0196. The van der Waals surface area contributed by atoms with Gasteiger partial charge in [-0.15, -0.1) is 0 Å². The Morgan fingerprint density at radius 1 is 1.03 bits per heavy atom. The molecule has 0 bridgehead atoms. The molecule has 2 rings (SSSR count). The van der Waals surface area contributed by atoms with Crippen LogP contribution in [0, 0.1) is 0 Å². The highest BCUT2D eigenvalue weighted by Crippen LogP contribution is 2.06. The monoisotopic (exact) mass is 416 g/mol. The number of carbonyl (C=O) groups excluding carboxylic acids is 3. The molecule has 0 spiro atoms. The van der Waals surface area contributed by atoms with Gasteiger partial charge in [-0.2, -0.15) is 0 Å². The lowest BCUT2D eigenvalue weighted by Gasteiger charge is -2.22. The number of carboxylic acids is 1. The van der Waals surface area contributed by atoms with Gasteiger partial charge in [-0.25, -0.2) is 9.78 Å². The van der Waals surface area contributed by atoms with Gasteiger partial charge < -0.3 is 32.2 Å². The van der Waals surface area contributed by atoms with Crippen molar-refractivity contribution in [3.05, 3.63) is 54.1 Å². The predicted molar refractivity (Wildman–Crippen MR) is 106 cm³/mol. The van der Waals surface area contributed by atoms with Gasteiger partial charge in [0.05, 0.1) is 18.8 Å². The van der Waals surface area contributed by atoms with E-state index in [0.717, 1.165) is 5.56 Å². The van der Waals surface area contributed by atoms with Crippen LogP contribution in [0.3, 0.4) is 0 Å². The van der Waals surface area contributed by atoms with E-state index in [1.807, 2.05) is 0 Å². The van der Waals surface area contributed by atoms with Crippen LogP contribution < -0.4 is 22.1 Å². The summed E-state index contributed by atoms with van der Waals surface area (Å²) in [5, 5.41) is 14.4. The number of nitrogens with one attached hydrogen (secondary N) is 3. The molecule has 1 aromatic heterocycles. The van der Waals surface area contributed by atoms with E-state index < -0.39 is 41.8 Å². The molecule has 1 heterocycles. The number of carboxylic acid groups (broad SMARTS) is 1. The van der Waals surface area contributed by atoms with Gasteiger partial charge in [-0.3, -0.25) is 14.4 Å². The summed E-state index contributed by atoms with van der Waals surface area (Å²) < 4.78 is 0. The van der Waals surface area contributed by atoms with Crippen molar-refractivity contribution < 1.29 is 24.3 Å². The first-order valence-corrected chi connectivity index (χ1v) is 9.15. The lowest BCUT2D eigenvalue weighted by atomic mass is 10.0. The maximum atomic E-state index is 12.8. The third-order valence-electron chi connectivity index (χ3n) is 4.27. The highest BCUT2D eigenvalue weighted by Gasteiger charge is 2.29. The van der Waals surface area contributed by atoms with Gasteiger partial charge >= 0.3 is 5.97 Å². The highest BCUT2D eigenvalue weighted by atomic mass is 16.4. The summed E-state index contributed by atoms with van der Waals surface area (Å²) in [5.74, 6) is -3.45. The molecule has 0 saturated heterocycles. The van der Waals surface area contributed by atoms with E-state index in [9.17, 15) is 24.3 Å². The lowest BCUT2D eigenvalue weighted by molar-refractivity contribution is -0.142. The van der Waals surface area contributed by atoms with E-state index in [4.69, 9.17) is 11.5 Å². The van der Waals surface area contributed by atoms with Crippen LogP contribution in [0.15, 0.2) is 42.9 Å². The zero-order chi connectivity index (χ0) is 22.1. The molecule has 0 fully saturated rings. The highest BCUT2D eigenvalue weighted by molar-refractivity contribution is 5.93. The van der Waals surface area contributed by atoms with Gasteiger partial charge in [0.1, 0.15) is 12.1 Å².